The fraction of sp³-hybridized carbons (Fsp3) is 0.154. The number of aryl methyl sites for hydroxylation is 1. The zero-order valence-electron chi connectivity index (χ0n) is 17.3. The van der Waals surface area contributed by atoms with Crippen molar-refractivity contribution in [2.45, 2.75) is 25.9 Å². The fourth-order valence-electron chi connectivity index (χ4n) is 3.91. The topological polar surface area (TPSA) is 0 Å². The second-order valence-electron chi connectivity index (χ2n) is 7.74. The number of fused-ring (bicyclic) bond motifs is 1. The third-order valence-electron chi connectivity index (χ3n) is 5.47. The van der Waals surface area contributed by atoms with Gasteiger partial charge in [0.1, 0.15) is 23.3 Å². The van der Waals surface area contributed by atoms with Crippen LogP contribution in [0.5, 0.6) is 0 Å². The van der Waals surface area contributed by atoms with E-state index in [0.717, 1.165) is 42.3 Å². The van der Waals surface area contributed by atoms with Crippen molar-refractivity contribution in [1.29, 1.82) is 0 Å². The van der Waals surface area contributed by atoms with Gasteiger partial charge in [-0.15, -0.1) is 0 Å². The maximum absolute atomic E-state index is 14.9. The van der Waals surface area contributed by atoms with Crippen molar-refractivity contribution >= 4 is 10.8 Å². The molecule has 0 atom stereocenters. The molecule has 0 heterocycles. The molecule has 0 aromatic heterocycles. The third-order valence-corrected chi connectivity index (χ3v) is 5.47. The predicted molar refractivity (Wildman–Crippen MR) is 114 cm³/mol. The van der Waals surface area contributed by atoms with Crippen molar-refractivity contribution in [3.05, 3.63) is 95.1 Å². The Labute approximate surface area is 185 Å². The Balaban J connectivity index is 1.77. The monoisotopic (exact) mass is 462 g/mol. The molecule has 0 spiro atoms. The van der Waals surface area contributed by atoms with E-state index in [4.69, 9.17) is 0 Å². The Morgan fingerprint density at radius 2 is 1.39 bits per heavy atom. The minimum atomic E-state index is -4.87. The number of benzene rings is 4. The van der Waals surface area contributed by atoms with Gasteiger partial charge < -0.3 is 0 Å². The summed E-state index contributed by atoms with van der Waals surface area (Å²) in [5.41, 5.74) is -1.02. The predicted octanol–water partition coefficient (Wildman–Crippen LogP) is 8.70. The molecule has 4 aromatic carbocycles. The number of hydrogen-bond acceptors (Lipinski definition) is 0. The van der Waals surface area contributed by atoms with Crippen molar-refractivity contribution < 1.29 is 30.7 Å². The maximum atomic E-state index is 14.9. The Morgan fingerprint density at radius 1 is 0.697 bits per heavy atom. The highest BCUT2D eigenvalue weighted by molar-refractivity contribution is 5.89. The molecule has 0 N–H and O–H groups in total. The Kier molecular flexibility index (Phi) is 5.91. The van der Waals surface area contributed by atoms with E-state index in [-0.39, 0.29) is 27.5 Å². The van der Waals surface area contributed by atoms with Gasteiger partial charge in [-0.25, -0.2) is 17.6 Å². The molecule has 4 aromatic rings. The number of alkyl halides is 3. The molecule has 0 aliphatic carbocycles. The SMILES string of the molecule is CCCc1ccc(-c2cc(F)c(-c3ccc4c(F)c(C(F)(F)F)ccc4c3)c(F)c2)c(F)c1. The van der Waals surface area contributed by atoms with Crippen LogP contribution in [0.15, 0.2) is 60.7 Å². The lowest BCUT2D eigenvalue weighted by molar-refractivity contribution is -0.139. The summed E-state index contributed by atoms with van der Waals surface area (Å²) in [5, 5.41) is -0.265. The van der Waals surface area contributed by atoms with E-state index in [2.05, 4.69) is 0 Å². The molecule has 0 unspecified atom stereocenters. The number of halogens is 7. The van der Waals surface area contributed by atoms with Gasteiger partial charge in [-0.05, 0) is 58.8 Å². The van der Waals surface area contributed by atoms with Crippen molar-refractivity contribution in [1.82, 2.24) is 0 Å². The Bertz CT molecular complexity index is 1330. The van der Waals surface area contributed by atoms with Gasteiger partial charge >= 0.3 is 6.18 Å². The van der Waals surface area contributed by atoms with Crippen molar-refractivity contribution in [3.8, 4) is 22.3 Å². The van der Waals surface area contributed by atoms with Gasteiger partial charge in [0.05, 0.1) is 11.1 Å². The van der Waals surface area contributed by atoms with Crippen LogP contribution in [0.3, 0.4) is 0 Å². The van der Waals surface area contributed by atoms with E-state index in [9.17, 15) is 30.7 Å². The zero-order valence-corrected chi connectivity index (χ0v) is 17.3. The van der Waals surface area contributed by atoms with Crippen LogP contribution in [0.25, 0.3) is 33.0 Å². The molecule has 33 heavy (non-hydrogen) atoms. The number of rotatable bonds is 4. The molecule has 0 aliphatic rings. The molecular formula is C26H17F7. The molecule has 4 rings (SSSR count). The Morgan fingerprint density at radius 3 is 2.00 bits per heavy atom. The van der Waals surface area contributed by atoms with Crippen LogP contribution >= 0.6 is 0 Å². The summed E-state index contributed by atoms with van der Waals surface area (Å²) in [7, 11) is 0. The van der Waals surface area contributed by atoms with Gasteiger partial charge in [-0.2, -0.15) is 13.2 Å². The average Bonchev–Trinajstić information content (AvgIpc) is 2.73. The molecule has 0 aliphatic heterocycles. The fourth-order valence-corrected chi connectivity index (χ4v) is 3.91. The van der Waals surface area contributed by atoms with E-state index in [1.54, 1.807) is 6.07 Å². The average molecular weight is 462 g/mol. The first-order chi connectivity index (χ1) is 15.6. The van der Waals surface area contributed by atoms with Crippen LogP contribution < -0.4 is 0 Å². The third kappa shape index (κ3) is 4.32. The molecule has 7 heteroatoms. The maximum Gasteiger partial charge on any atom is 0.419 e. The minimum absolute atomic E-state index is 0.0101. The van der Waals surface area contributed by atoms with E-state index < -0.39 is 40.6 Å². The van der Waals surface area contributed by atoms with Crippen LogP contribution in [0.2, 0.25) is 0 Å². The largest absolute Gasteiger partial charge is 0.419 e. The first-order valence-corrected chi connectivity index (χ1v) is 10.2. The molecule has 0 radical (unpaired) electrons. The molecule has 0 saturated heterocycles. The quantitative estimate of drug-likeness (QED) is 0.266. The van der Waals surface area contributed by atoms with Gasteiger partial charge in [0.15, 0.2) is 0 Å². The van der Waals surface area contributed by atoms with E-state index in [0.29, 0.717) is 12.5 Å². The second-order valence-corrected chi connectivity index (χ2v) is 7.74. The molecule has 0 nitrogen and oxygen atoms in total. The van der Waals surface area contributed by atoms with Crippen molar-refractivity contribution in [2.75, 3.05) is 0 Å². The summed E-state index contributed by atoms with van der Waals surface area (Å²) in [6, 6.07) is 11.5. The zero-order chi connectivity index (χ0) is 23.9. The Hall–Kier alpha value is -3.35. The van der Waals surface area contributed by atoms with Crippen LogP contribution in [0.1, 0.15) is 24.5 Å². The number of hydrogen-bond donors (Lipinski definition) is 0. The van der Waals surface area contributed by atoms with Gasteiger partial charge in [0.2, 0.25) is 0 Å². The van der Waals surface area contributed by atoms with Gasteiger partial charge in [-0.1, -0.05) is 43.7 Å². The molecular weight excluding hydrogens is 445 g/mol. The van der Waals surface area contributed by atoms with E-state index >= 15 is 0 Å². The van der Waals surface area contributed by atoms with E-state index in [1.165, 1.54) is 18.2 Å². The second kappa shape index (κ2) is 8.54. The summed E-state index contributed by atoms with van der Waals surface area (Å²) < 4.78 is 97.5. The summed E-state index contributed by atoms with van der Waals surface area (Å²) >= 11 is 0. The lowest BCUT2D eigenvalue weighted by Gasteiger charge is -2.13. The van der Waals surface area contributed by atoms with Crippen molar-refractivity contribution in [2.24, 2.45) is 0 Å². The van der Waals surface area contributed by atoms with Crippen LogP contribution in [-0.2, 0) is 12.6 Å². The summed E-state index contributed by atoms with van der Waals surface area (Å²) in [6.45, 7) is 1.95. The lowest BCUT2D eigenvalue weighted by Crippen LogP contribution is -2.08. The molecule has 0 saturated carbocycles. The van der Waals surface area contributed by atoms with Gasteiger partial charge in [0, 0.05) is 10.9 Å². The standard InChI is InChI=1S/C26H17F7/c1-2-3-14-4-7-18(21(27)10-14)17-12-22(28)24(23(29)13-17)16-5-8-19-15(11-16)6-9-20(25(19)30)26(31,32)33/h4-13H,2-3H2,1H3. The highest BCUT2D eigenvalue weighted by Crippen LogP contribution is 2.37. The summed E-state index contributed by atoms with van der Waals surface area (Å²) in [5.74, 6) is -4.01. The smallest absolute Gasteiger partial charge is 0.206 e. The highest BCUT2D eigenvalue weighted by Gasteiger charge is 2.34. The van der Waals surface area contributed by atoms with Crippen LogP contribution in [0, 0.1) is 23.3 Å². The normalized spacial score (nSPS) is 11.9. The summed E-state index contributed by atoms with van der Waals surface area (Å²) in [6.07, 6.45) is -3.37. The summed E-state index contributed by atoms with van der Waals surface area (Å²) in [4.78, 5) is 0. The molecule has 0 amide bonds. The molecule has 0 fully saturated rings. The first-order valence-electron chi connectivity index (χ1n) is 10.2. The minimum Gasteiger partial charge on any atom is -0.206 e. The lowest BCUT2D eigenvalue weighted by atomic mass is 9.95. The van der Waals surface area contributed by atoms with Crippen LogP contribution in [-0.4, -0.2) is 0 Å². The van der Waals surface area contributed by atoms with E-state index in [1.807, 2.05) is 6.92 Å². The highest BCUT2D eigenvalue weighted by atomic mass is 19.4. The molecule has 170 valence electrons. The first kappa shape index (κ1) is 22.8. The van der Waals surface area contributed by atoms with Gasteiger partial charge in [-0.3, -0.25) is 0 Å². The van der Waals surface area contributed by atoms with Gasteiger partial charge in [0.25, 0.3) is 0 Å². The molecule has 0 bridgehead atoms. The van der Waals surface area contributed by atoms with Crippen LogP contribution in [0.4, 0.5) is 30.7 Å². The van der Waals surface area contributed by atoms with Crippen molar-refractivity contribution in [3.63, 3.8) is 0 Å².